The molecule has 2 aliphatic heterocycles. The summed E-state index contributed by atoms with van der Waals surface area (Å²) in [7, 11) is 1.23. The normalized spacial score (nSPS) is 16.7. The number of aliphatic hydroxyl groups is 1. The second-order valence-electron chi connectivity index (χ2n) is 24.0. The molecule has 11 amide bonds. The van der Waals surface area contributed by atoms with E-state index in [2.05, 4.69) is 51.5 Å². The van der Waals surface area contributed by atoms with Crippen molar-refractivity contribution in [1.29, 1.82) is 0 Å². The van der Waals surface area contributed by atoms with Gasteiger partial charge in [-0.2, -0.15) is 0 Å². The predicted molar refractivity (Wildman–Crippen MR) is 348 cm³/mol. The highest BCUT2D eigenvalue weighted by atomic mass is 16.3. The molecule has 2 saturated heterocycles. The van der Waals surface area contributed by atoms with Gasteiger partial charge in [0.05, 0.1) is 31.4 Å². The maximum atomic E-state index is 15.2. The fourth-order valence-electron chi connectivity index (χ4n) is 10.8. The number of hydrogen-bond donors (Lipinski definition) is 15. The van der Waals surface area contributed by atoms with Gasteiger partial charge in [0.1, 0.15) is 41.7 Å². The van der Waals surface area contributed by atoms with Crippen molar-refractivity contribution in [2.24, 2.45) is 66.3 Å². The van der Waals surface area contributed by atoms with E-state index in [1.165, 1.54) is 39.0 Å². The Morgan fingerprint density at radius 2 is 1.28 bits per heavy atom. The Bertz CT molecular complexity index is 3060. The minimum atomic E-state index is -1.75. The molecular weight excluding hydrogens is 1240 g/mol. The number of aromatic nitrogens is 2. The Morgan fingerprint density at radius 3 is 1.86 bits per heavy atom. The first-order valence-corrected chi connectivity index (χ1v) is 31.5. The van der Waals surface area contributed by atoms with Crippen LogP contribution < -0.4 is 72.5 Å². The van der Waals surface area contributed by atoms with Crippen LogP contribution in [0.3, 0.4) is 0 Å². The molecule has 35 nitrogen and oxygen atoms in total. The molecule has 23 N–H and O–H groups in total. The van der Waals surface area contributed by atoms with Crippen LogP contribution in [0.1, 0.15) is 115 Å². The summed E-state index contributed by atoms with van der Waals surface area (Å²) in [6.45, 7) is 3.05. The molecule has 2 fully saturated rings. The monoisotopic (exact) mass is 1330 g/mol. The minimum absolute atomic E-state index is 0.000998. The summed E-state index contributed by atoms with van der Waals surface area (Å²) in [5.41, 5.74) is 44.4. The number of likely N-dealkylation sites (tertiary alicyclic amines) is 2. The number of primary amides is 2. The largest absolute Gasteiger partial charge is 0.391 e. The lowest BCUT2D eigenvalue weighted by atomic mass is 9.90. The van der Waals surface area contributed by atoms with E-state index in [0.717, 1.165) is 26.0 Å². The number of hydrogen-bond acceptors (Lipinski definition) is 17. The number of β-amino-alcohol motifs (C(OH)–C–C–N with tert-alkyl or cyclic N) is 1. The zero-order valence-corrected chi connectivity index (χ0v) is 54.5. The van der Waals surface area contributed by atoms with Crippen LogP contribution in [-0.2, 0) is 70.4 Å². The van der Waals surface area contributed by atoms with Crippen LogP contribution in [0.25, 0.3) is 0 Å². The van der Waals surface area contributed by atoms with Gasteiger partial charge in [-0.3, -0.25) is 72.5 Å². The van der Waals surface area contributed by atoms with E-state index in [4.69, 9.17) is 45.9 Å². The summed E-state index contributed by atoms with van der Waals surface area (Å²) in [4.78, 5) is 190. The number of ketones is 1. The molecule has 0 aliphatic carbocycles. The van der Waals surface area contributed by atoms with Crippen LogP contribution in [0.5, 0.6) is 0 Å². The fraction of sp³-hybridized carbons (Fsp3) is 0.600. The zero-order chi connectivity index (χ0) is 70.5. The highest BCUT2D eigenvalue weighted by Gasteiger charge is 2.44. The number of Topliss-reactive ketones (excluding diaryl/α,β-unsaturated/α-hetero) is 1. The quantitative estimate of drug-likeness (QED) is 0.0128. The van der Waals surface area contributed by atoms with Gasteiger partial charge in [0.25, 0.3) is 0 Å². The van der Waals surface area contributed by atoms with Crippen LogP contribution in [0.4, 0.5) is 0 Å². The molecule has 1 aromatic carbocycles. The second-order valence-corrected chi connectivity index (χ2v) is 24.0. The maximum absolute atomic E-state index is 15.2. The van der Waals surface area contributed by atoms with Gasteiger partial charge in [-0.1, -0.05) is 30.3 Å². The number of benzene rings is 1. The Hall–Kier alpha value is -9.96. The molecule has 0 radical (unpaired) electrons. The molecule has 3 heterocycles. The Balaban J connectivity index is 1.67. The minimum Gasteiger partial charge on any atom is -0.391 e. The highest BCUT2D eigenvalue weighted by molar-refractivity contribution is 6.06. The van der Waals surface area contributed by atoms with Crippen molar-refractivity contribution in [3.05, 3.63) is 54.1 Å². The first-order valence-electron chi connectivity index (χ1n) is 31.5. The molecule has 4 rings (SSSR count). The van der Waals surface area contributed by atoms with Gasteiger partial charge >= 0.3 is 0 Å². The second kappa shape index (κ2) is 38.3. The van der Waals surface area contributed by atoms with Crippen molar-refractivity contribution in [2.75, 3.05) is 59.4 Å². The number of aromatic amines is 1. The number of unbranched alkanes of at least 4 members (excludes halogenated alkanes) is 1. The van der Waals surface area contributed by atoms with Crippen molar-refractivity contribution in [2.45, 2.75) is 165 Å². The van der Waals surface area contributed by atoms with Gasteiger partial charge in [-0.15, -0.1) is 0 Å². The average Bonchev–Trinajstić information content (AvgIpc) is 1.79. The number of carbonyl (C=O) groups is 12. The van der Waals surface area contributed by atoms with Crippen LogP contribution in [0.15, 0.2) is 57.8 Å². The van der Waals surface area contributed by atoms with E-state index < -0.39 is 138 Å². The topological polar surface area (TPSA) is 572 Å². The van der Waals surface area contributed by atoms with Gasteiger partial charge in [0, 0.05) is 84.0 Å². The van der Waals surface area contributed by atoms with E-state index in [1.54, 1.807) is 36.5 Å². The van der Waals surface area contributed by atoms with Crippen molar-refractivity contribution in [1.82, 2.24) is 56.2 Å². The molecule has 2 aliphatic rings. The number of nitrogens with zero attached hydrogens (tertiary/aromatic N) is 8. The van der Waals surface area contributed by atoms with Crippen molar-refractivity contribution in [3.63, 3.8) is 0 Å². The number of rotatable bonds is 40. The van der Waals surface area contributed by atoms with Gasteiger partial charge < -0.3 is 102 Å². The molecule has 95 heavy (non-hydrogen) atoms. The Morgan fingerprint density at radius 1 is 0.695 bits per heavy atom. The van der Waals surface area contributed by atoms with Crippen LogP contribution in [0.2, 0.25) is 0 Å². The molecular formula is C60H96N22O13. The number of carbonyl (C=O) groups excluding carboxylic acids is 12. The molecule has 1 aromatic heterocycles. The van der Waals surface area contributed by atoms with Gasteiger partial charge in [-0.05, 0) is 97.0 Å². The van der Waals surface area contributed by atoms with Crippen LogP contribution >= 0.6 is 0 Å². The third-order valence-corrected chi connectivity index (χ3v) is 16.2. The predicted octanol–water partition coefficient (Wildman–Crippen LogP) is -5.83. The van der Waals surface area contributed by atoms with E-state index >= 15 is 4.79 Å². The van der Waals surface area contributed by atoms with E-state index in [9.17, 15) is 57.8 Å². The third-order valence-electron chi connectivity index (χ3n) is 16.2. The maximum Gasteiger partial charge on any atom is 0.246 e. The fourth-order valence-corrected chi connectivity index (χ4v) is 10.8. The van der Waals surface area contributed by atoms with E-state index in [-0.39, 0.29) is 141 Å². The summed E-state index contributed by atoms with van der Waals surface area (Å²) in [5.74, 6) is -10.3. The molecule has 35 heteroatoms. The van der Waals surface area contributed by atoms with E-state index in [1.807, 2.05) is 0 Å². The van der Waals surface area contributed by atoms with Gasteiger partial charge in [0.15, 0.2) is 23.7 Å². The summed E-state index contributed by atoms with van der Waals surface area (Å²) in [5, 5.41) is 23.9. The SMILES string of the molecule is CC(=O)[C@@H]1C[C@@H](O)CN1C(=O)[C@H](CC(N)=O)N(C)C(=O)CN(CCc1ccccc1)C(=O)[C@H](CCCN=C(N)N)NC(=O)[C@H](CCCN=C(N)N)NC(=O)[C@@H]1CCCN1C(=O)[C@H](CCCCN=C(N)N)NC(=O)[C@@H](CCC(N)=O)NC(=O)C(C)(C)C(=O)NCCc1cnc[nH]1. The smallest absolute Gasteiger partial charge is 0.246 e. The van der Waals surface area contributed by atoms with Crippen molar-refractivity contribution < 1.29 is 62.6 Å². The Kier molecular flexibility index (Phi) is 31.2. The number of amides is 11. The summed E-state index contributed by atoms with van der Waals surface area (Å²) in [6.07, 6.45) is 1.81. The first-order chi connectivity index (χ1) is 44.9. The summed E-state index contributed by atoms with van der Waals surface area (Å²) < 4.78 is 0. The number of nitrogens with one attached hydrogen (secondary N) is 6. The highest BCUT2D eigenvalue weighted by Crippen LogP contribution is 2.24. The third kappa shape index (κ3) is 25.5. The molecule has 0 spiro atoms. The number of nitrogens with two attached hydrogens (primary N) is 8. The molecule has 0 unspecified atom stereocenters. The summed E-state index contributed by atoms with van der Waals surface area (Å²) >= 11 is 0. The molecule has 8 atom stereocenters. The van der Waals surface area contributed by atoms with Gasteiger partial charge in [0.2, 0.25) is 65.0 Å². The standard InChI is InChI=1S/C60H96N22O13/c1-35(83)44-29-38(84)32-82(44)54(93)45(30-47(62)86)79(4)48(87)33-80(28-22-36-13-6-5-7-14-36)52(91)41(17-11-25-73-59(67)68)76-49(88)39(16-10-24-72-58(65)66)75-51(90)43-18-12-27-81(43)53(92)42(15-8-9-23-71-57(63)64)77-50(89)40(19-20-46(61)85)78-56(95)60(2,3)55(94)70-26-21-37-31-69-34-74-37/h5-7,13-14,31,34,38-45,84H,8-12,15-30,32-33H2,1-4H3,(H2,61,85)(H2,62,86)(H,69,74)(H,70,94)(H,75,90)(H,76,88)(H,77,89)(H,78,95)(H4,63,64,71)(H4,65,66,72)(H4,67,68,73)/t38-,39+,40-,41+,42+,43+,44+,45+/m1/s1. The number of aliphatic hydroxyl groups excluding tert-OH is 1. The Labute approximate surface area is 550 Å². The van der Waals surface area contributed by atoms with Crippen molar-refractivity contribution >= 4 is 88.6 Å². The number of imidazole rings is 1. The van der Waals surface area contributed by atoms with Gasteiger partial charge in [-0.25, -0.2) is 4.98 Å². The summed E-state index contributed by atoms with van der Waals surface area (Å²) in [6, 6.07) is -0.781. The van der Waals surface area contributed by atoms with Crippen molar-refractivity contribution in [3.8, 4) is 0 Å². The number of H-pyrrole nitrogens is 1. The molecule has 2 aromatic rings. The molecule has 524 valence electrons. The van der Waals surface area contributed by atoms with E-state index in [0.29, 0.717) is 12.8 Å². The first kappa shape index (κ1) is 77.5. The van der Waals surface area contributed by atoms with Crippen LogP contribution in [-0.4, -0.2) is 231 Å². The number of likely N-dealkylation sites (N-methyl/N-ethyl adjacent to an activating group) is 1. The zero-order valence-electron chi connectivity index (χ0n) is 54.5. The lowest BCUT2D eigenvalue weighted by Gasteiger charge is -2.34. The number of aliphatic imine (C=N–C) groups is 3. The lowest BCUT2D eigenvalue weighted by Crippen LogP contribution is -2.60. The molecule has 0 saturated carbocycles. The number of guanidine groups is 3. The molecule has 0 bridgehead atoms. The lowest BCUT2D eigenvalue weighted by molar-refractivity contribution is -0.150. The average molecular weight is 1330 g/mol. The van der Waals surface area contributed by atoms with Crippen LogP contribution in [0, 0.1) is 5.41 Å².